The van der Waals surface area contributed by atoms with Crippen LogP contribution in [0.15, 0.2) is 0 Å². The number of hydrogen-bond acceptors (Lipinski definition) is 3. The van der Waals surface area contributed by atoms with Crippen molar-refractivity contribution in [3.8, 4) is 6.07 Å². The SMILES string of the molecule is CCCNC(C)(C#N)COC(C)(C)CC. The fourth-order valence-corrected chi connectivity index (χ4v) is 0.965. The molecule has 0 rings (SSSR count). The molecule has 1 N–H and O–H groups in total. The molecule has 0 amide bonds. The molecule has 0 saturated carbocycles. The minimum Gasteiger partial charge on any atom is -0.373 e. The van der Waals surface area contributed by atoms with Gasteiger partial charge in [-0.1, -0.05) is 13.8 Å². The van der Waals surface area contributed by atoms with E-state index in [2.05, 4.69) is 25.2 Å². The second kappa shape index (κ2) is 6.09. The summed E-state index contributed by atoms with van der Waals surface area (Å²) < 4.78 is 5.75. The van der Waals surface area contributed by atoms with Crippen molar-refractivity contribution < 1.29 is 4.74 Å². The second-order valence-corrected chi connectivity index (χ2v) is 4.77. The van der Waals surface area contributed by atoms with Crippen molar-refractivity contribution in [1.29, 1.82) is 5.26 Å². The highest BCUT2D eigenvalue weighted by molar-refractivity contribution is 5.04. The van der Waals surface area contributed by atoms with Gasteiger partial charge in [0.15, 0.2) is 0 Å². The first-order valence-corrected chi connectivity index (χ1v) is 5.69. The van der Waals surface area contributed by atoms with E-state index < -0.39 is 5.54 Å². The molecule has 15 heavy (non-hydrogen) atoms. The third-order valence-corrected chi connectivity index (χ3v) is 2.61. The Kier molecular flexibility index (Phi) is 5.85. The van der Waals surface area contributed by atoms with Crippen LogP contribution in [0.4, 0.5) is 0 Å². The molecule has 88 valence electrons. The van der Waals surface area contributed by atoms with Gasteiger partial charge in [0, 0.05) is 0 Å². The standard InChI is InChI=1S/C12H24N2O/c1-6-8-14-12(5,9-13)10-15-11(3,4)7-2/h14H,6-8,10H2,1-5H3. The lowest BCUT2D eigenvalue weighted by Crippen LogP contribution is -2.47. The molecule has 0 radical (unpaired) electrons. The summed E-state index contributed by atoms with van der Waals surface area (Å²) in [6.07, 6.45) is 1.97. The first kappa shape index (κ1) is 14.4. The molecule has 1 atom stereocenters. The van der Waals surface area contributed by atoms with Crippen LogP contribution in [0.3, 0.4) is 0 Å². The van der Waals surface area contributed by atoms with Gasteiger partial charge >= 0.3 is 0 Å². The highest BCUT2D eigenvalue weighted by Gasteiger charge is 2.26. The van der Waals surface area contributed by atoms with Crippen molar-refractivity contribution in [3.63, 3.8) is 0 Å². The molecule has 0 aliphatic heterocycles. The maximum Gasteiger partial charge on any atom is 0.127 e. The van der Waals surface area contributed by atoms with Gasteiger partial charge in [-0.15, -0.1) is 0 Å². The lowest BCUT2D eigenvalue weighted by molar-refractivity contribution is -0.0383. The van der Waals surface area contributed by atoms with Crippen LogP contribution in [0.5, 0.6) is 0 Å². The molecule has 0 aromatic rings. The number of rotatable bonds is 7. The van der Waals surface area contributed by atoms with Crippen LogP contribution in [0.25, 0.3) is 0 Å². The van der Waals surface area contributed by atoms with E-state index in [0.29, 0.717) is 6.61 Å². The average molecular weight is 212 g/mol. The molecule has 0 aromatic heterocycles. The molecule has 0 aromatic carbocycles. The van der Waals surface area contributed by atoms with Gasteiger partial charge in [0.05, 0.1) is 18.3 Å². The molecule has 0 spiro atoms. The predicted molar refractivity (Wildman–Crippen MR) is 62.6 cm³/mol. The lowest BCUT2D eigenvalue weighted by atomic mass is 10.0. The zero-order chi connectivity index (χ0) is 11.9. The number of nitrogens with one attached hydrogen (secondary N) is 1. The zero-order valence-corrected chi connectivity index (χ0v) is 10.7. The van der Waals surface area contributed by atoms with E-state index in [0.717, 1.165) is 19.4 Å². The minimum absolute atomic E-state index is 0.147. The Bertz CT molecular complexity index is 220. The van der Waals surface area contributed by atoms with Gasteiger partial charge in [0.2, 0.25) is 0 Å². The van der Waals surface area contributed by atoms with Crippen LogP contribution in [0.2, 0.25) is 0 Å². The average Bonchev–Trinajstić information content (AvgIpc) is 2.24. The van der Waals surface area contributed by atoms with E-state index in [1.165, 1.54) is 0 Å². The number of nitrogens with zero attached hydrogens (tertiary/aromatic N) is 1. The van der Waals surface area contributed by atoms with Crippen LogP contribution in [0, 0.1) is 11.3 Å². The van der Waals surface area contributed by atoms with E-state index >= 15 is 0 Å². The summed E-state index contributed by atoms with van der Waals surface area (Å²) in [5, 5.41) is 12.3. The molecule has 0 heterocycles. The van der Waals surface area contributed by atoms with Crippen LogP contribution in [-0.2, 0) is 4.74 Å². The quantitative estimate of drug-likeness (QED) is 0.705. The highest BCUT2D eigenvalue weighted by Crippen LogP contribution is 2.16. The van der Waals surface area contributed by atoms with Crippen LogP contribution < -0.4 is 5.32 Å². The summed E-state index contributed by atoms with van der Waals surface area (Å²) in [5.41, 5.74) is -0.714. The maximum atomic E-state index is 9.09. The summed E-state index contributed by atoms with van der Waals surface area (Å²) in [6.45, 7) is 11.4. The molecule has 0 aliphatic carbocycles. The van der Waals surface area contributed by atoms with Gasteiger partial charge in [-0.2, -0.15) is 5.26 Å². The molecule has 3 heteroatoms. The molecule has 1 unspecified atom stereocenters. The second-order valence-electron chi connectivity index (χ2n) is 4.77. The van der Waals surface area contributed by atoms with Gasteiger partial charge in [0.1, 0.15) is 5.54 Å². The third kappa shape index (κ3) is 5.76. The van der Waals surface area contributed by atoms with Crippen LogP contribution >= 0.6 is 0 Å². The van der Waals surface area contributed by atoms with Crippen molar-refractivity contribution in [1.82, 2.24) is 5.32 Å². The Morgan fingerprint density at radius 2 is 1.87 bits per heavy atom. The third-order valence-electron chi connectivity index (χ3n) is 2.61. The first-order valence-electron chi connectivity index (χ1n) is 5.69. The molecule has 3 nitrogen and oxygen atoms in total. The zero-order valence-electron chi connectivity index (χ0n) is 10.7. The Hall–Kier alpha value is -0.590. The fraction of sp³-hybridized carbons (Fsp3) is 0.917. The van der Waals surface area contributed by atoms with Crippen molar-refractivity contribution >= 4 is 0 Å². The minimum atomic E-state index is -0.567. The van der Waals surface area contributed by atoms with E-state index in [1.807, 2.05) is 20.8 Å². The Labute approximate surface area is 93.8 Å². The van der Waals surface area contributed by atoms with Gasteiger partial charge in [-0.3, -0.25) is 5.32 Å². The molecule has 0 fully saturated rings. The van der Waals surface area contributed by atoms with Gasteiger partial charge in [0.25, 0.3) is 0 Å². The molecular weight excluding hydrogens is 188 g/mol. The van der Waals surface area contributed by atoms with Crippen molar-refractivity contribution in [3.05, 3.63) is 0 Å². The van der Waals surface area contributed by atoms with Gasteiger partial charge in [-0.25, -0.2) is 0 Å². The fourth-order valence-electron chi connectivity index (χ4n) is 0.965. The van der Waals surface area contributed by atoms with Crippen molar-refractivity contribution in [2.75, 3.05) is 13.2 Å². The normalized spacial score (nSPS) is 15.7. The maximum absolute atomic E-state index is 9.09. The highest BCUT2D eigenvalue weighted by atomic mass is 16.5. The molecule has 0 aliphatic rings. The molecular formula is C12H24N2O. The Morgan fingerprint density at radius 1 is 1.27 bits per heavy atom. The van der Waals surface area contributed by atoms with Crippen LogP contribution in [-0.4, -0.2) is 24.3 Å². The summed E-state index contributed by atoms with van der Waals surface area (Å²) in [6, 6.07) is 2.27. The Balaban J connectivity index is 4.16. The van der Waals surface area contributed by atoms with E-state index in [-0.39, 0.29) is 5.60 Å². The predicted octanol–water partition coefficient (Wildman–Crippen LogP) is 2.47. The largest absolute Gasteiger partial charge is 0.373 e. The summed E-state index contributed by atoms with van der Waals surface area (Å²) in [5.74, 6) is 0. The smallest absolute Gasteiger partial charge is 0.127 e. The topological polar surface area (TPSA) is 45.0 Å². The van der Waals surface area contributed by atoms with E-state index in [1.54, 1.807) is 0 Å². The summed E-state index contributed by atoms with van der Waals surface area (Å²) in [7, 11) is 0. The Morgan fingerprint density at radius 3 is 2.27 bits per heavy atom. The van der Waals surface area contributed by atoms with E-state index in [4.69, 9.17) is 10.00 Å². The molecule has 0 bridgehead atoms. The summed E-state index contributed by atoms with van der Waals surface area (Å²) in [4.78, 5) is 0. The number of nitriles is 1. The van der Waals surface area contributed by atoms with Crippen molar-refractivity contribution in [2.24, 2.45) is 0 Å². The van der Waals surface area contributed by atoms with E-state index in [9.17, 15) is 0 Å². The summed E-state index contributed by atoms with van der Waals surface area (Å²) >= 11 is 0. The van der Waals surface area contributed by atoms with Crippen molar-refractivity contribution in [2.45, 2.75) is 58.6 Å². The monoisotopic (exact) mass is 212 g/mol. The van der Waals surface area contributed by atoms with Gasteiger partial charge in [-0.05, 0) is 40.2 Å². The number of hydrogen-bond donors (Lipinski definition) is 1. The number of ether oxygens (including phenoxy) is 1. The first-order chi connectivity index (χ1) is 6.89. The lowest BCUT2D eigenvalue weighted by Gasteiger charge is -2.30. The van der Waals surface area contributed by atoms with Gasteiger partial charge < -0.3 is 4.74 Å². The molecule has 0 saturated heterocycles. The van der Waals surface area contributed by atoms with Crippen LogP contribution in [0.1, 0.15) is 47.5 Å².